The molecular formula is C25H27N3O3Os. The van der Waals surface area contributed by atoms with E-state index in [1.807, 2.05) is 57.1 Å². The van der Waals surface area contributed by atoms with Gasteiger partial charge in [0.2, 0.25) is 0 Å². The third-order valence-electron chi connectivity index (χ3n) is 6.94. The van der Waals surface area contributed by atoms with E-state index in [0.717, 1.165) is 43.6 Å². The molecule has 0 bridgehead atoms. The van der Waals surface area contributed by atoms with Crippen molar-refractivity contribution in [3.05, 3.63) is 71.1 Å². The summed E-state index contributed by atoms with van der Waals surface area (Å²) in [6.45, 7) is 6.38. The van der Waals surface area contributed by atoms with Crippen LogP contribution in [0.2, 0.25) is 0 Å². The third-order valence-corrected chi connectivity index (χ3v) is 8.18. The van der Waals surface area contributed by atoms with Gasteiger partial charge in [-0.3, -0.25) is 0 Å². The molecule has 6 nitrogen and oxygen atoms in total. The van der Waals surface area contributed by atoms with Gasteiger partial charge < -0.3 is 0 Å². The van der Waals surface area contributed by atoms with Crippen LogP contribution >= 0.6 is 0 Å². The van der Waals surface area contributed by atoms with Crippen LogP contribution in [-0.4, -0.2) is 49.3 Å². The average molecular weight is 608 g/mol. The number of hydrogen-bond donors (Lipinski definition) is 3. The fourth-order valence-corrected chi connectivity index (χ4v) is 6.90. The molecule has 3 heterocycles. The molecular weight excluding hydrogens is 581 g/mol. The molecule has 3 aromatic rings. The molecule has 2 aromatic carbocycles. The fourth-order valence-electron chi connectivity index (χ4n) is 5.50. The molecule has 0 amide bonds. The first-order valence-corrected chi connectivity index (χ1v) is 12.1. The van der Waals surface area contributed by atoms with E-state index in [0.29, 0.717) is 13.0 Å². The Bertz CT molecular complexity index is 1170. The Hall–Kier alpha value is -2.16. The molecule has 168 valence electrons. The normalized spacial score (nSPS) is 27.6. The molecule has 0 radical (unpaired) electrons. The van der Waals surface area contributed by atoms with Crippen LogP contribution in [0.1, 0.15) is 35.9 Å². The van der Waals surface area contributed by atoms with Crippen LogP contribution < -0.4 is 5.32 Å². The maximum atomic E-state index is 10.7. The average Bonchev–Trinajstić information content (AvgIpc) is 3.38. The predicted molar refractivity (Wildman–Crippen MR) is 120 cm³/mol. The van der Waals surface area contributed by atoms with Crippen LogP contribution in [0.5, 0.6) is 0 Å². The quantitative estimate of drug-likeness (QED) is 0.423. The zero-order chi connectivity index (χ0) is 22.7. The van der Waals surface area contributed by atoms with Gasteiger partial charge in [0.25, 0.3) is 0 Å². The monoisotopic (exact) mass is 609 g/mol. The van der Waals surface area contributed by atoms with Crippen molar-refractivity contribution in [1.29, 1.82) is 0 Å². The van der Waals surface area contributed by atoms with Gasteiger partial charge in [-0.05, 0) is 0 Å². The summed E-state index contributed by atoms with van der Waals surface area (Å²) in [4.78, 5) is 2.29. The number of fused-ring (bicyclic) bond motifs is 1. The van der Waals surface area contributed by atoms with Crippen LogP contribution in [0, 0.1) is 13.8 Å². The summed E-state index contributed by atoms with van der Waals surface area (Å²) in [5, 5.41) is 28.9. The molecule has 2 aliphatic rings. The van der Waals surface area contributed by atoms with Gasteiger partial charge in [0.1, 0.15) is 0 Å². The van der Waals surface area contributed by atoms with Crippen LogP contribution in [-0.2, 0) is 23.7 Å². The van der Waals surface area contributed by atoms with Crippen molar-refractivity contribution < 1.29 is 32.9 Å². The van der Waals surface area contributed by atoms with Crippen molar-refractivity contribution in [2.24, 2.45) is 0 Å². The number of β-amino-alcohol motifs (C(OH)–C–C–N with tert-alkyl or cyclic N) is 1. The third kappa shape index (κ3) is 2.99. The SMILES string of the molecule is Cc1noc(C)c1-c1ccc2c(c1)C(c1ccccc1)(N1C[C@@H](O)C[C@@]1(C)CO)[C](=[Os])N2. The first kappa shape index (κ1) is 21.7. The van der Waals surface area contributed by atoms with Crippen LogP contribution in [0.15, 0.2) is 53.1 Å². The molecule has 2 aliphatic heterocycles. The standard InChI is InChI=1S/C25H27N3O3.Os/c1-16-23(17(2)31-27-16)18-9-10-22-21(11-18)25(14-26-22,19-7-5-4-6-8-19)28-13-20(30)12-24(28,3)15-29;/h4-11,20,26,29-30H,12-13,15H2,1-3H3;/t20-,24-,25?;/m0./s1. The molecule has 32 heavy (non-hydrogen) atoms. The van der Waals surface area contributed by atoms with Gasteiger partial charge in [0.05, 0.1) is 0 Å². The van der Waals surface area contributed by atoms with E-state index in [-0.39, 0.29) is 6.61 Å². The van der Waals surface area contributed by atoms with Gasteiger partial charge in [-0.15, -0.1) is 0 Å². The van der Waals surface area contributed by atoms with Crippen molar-refractivity contribution in [3.63, 3.8) is 0 Å². The predicted octanol–water partition coefficient (Wildman–Crippen LogP) is 3.12. The zero-order valence-corrected chi connectivity index (χ0v) is 20.9. The van der Waals surface area contributed by atoms with Crippen molar-refractivity contribution in [2.75, 3.05) is 18.5 Å². The number of anilines is 1. The Kier molecular flexibility index (Phi) is 5.22. The van der Waals surface area contributed by atoms with E-state index in [2.05, 4.69) is 45.7 Å². The van der Waals surface area contributed by atoms with E-state index in [9.17, 15) is 10.2 Å². The summed E-state index contributed by atoms with van der Waals surface area (Å²) in [5.74, 6) is 0.790. The second-order valence-electron chi connectivity index (χ2n) is 9.09. The zero-order valence-electron chi connectivity index (χ0n) is 18.4. The van der Waals surface area contributed by atoms with Gasteiger partial charge in [-0.2, -0.15) is 0 Å². The van der Waals surface area contributed by atoms with Crippen LogP contribution in [0.4, 0.5) is 5.69 Å². The van der Waals surface area contributed by atoms with Gasteiger partial charge in [0, 0.05) is 0 Å². The molecule has 3 atom stereocenters. The molecule has 1 saturated heterocycles. The van der Waals surface area contributed by atoms with Gasteiger partial charge in [0.15, 0.2) is 0 Å². The Balaban J connectivity index is 1.80. The summed E-state index contributed by atoms with van der Waals surface area (Å²) < 4.78 is 6.53. The van der Waals surface area contributed by atoms with Gasteiger partial charge in [-0.25, -0.2) is 0 Å². The minimum absolute atomic E-state index is 0.0338. The number of benzene rings is 2. The summed E-state index contributed by atoms with van der Waals surface area (Å²) in [7, 11) is 0. The number of aryl methyl sites for hydroxylation is 2. The molecule has 3 N–H and O–H groups in total. The topological polar surface area (TPSA) is 81.8 Å². The number of nitrogens with zero attached hydrogens (tertiary/aromatic N) is 2. The maximum absolute atomic E-state index is 10.7. The number of nitrogens with one attached hydrogen (secondary N) is 1. The number of aromatic nitrogens is 1. The molecule has 0 spiro atoms. The number of aliphatic hydroxyl groups is 2. The van der Waals surface area contributed by atoms with E-state index in [4.69, 9.17) is 4.52 Å². The molecule has 1 unspecified atom stereocenters. The minimum atomic E-state index is -0.626. The fraction of sp³-hybridized carbons (Fsp3) is 0.360. The van der Waals surface area contributed by atoms with Crippen molar-refractivity contribution in [2.45, 2.75) is 44.4 Å². The van der Waals surface area contributed by atoms with Gasteiger partial charge in [-0.1, -0.05) is 0 Å². The number of hydrogen-bond acceptors (Lipinski definition) is 6. The van der Waals surface area contributed by atoms with E-state index in [1.165, 1.54) is 0 Å². The summed E-state index contributed by atoms with van der Waals surface area (Å²) in [6.07, 6.45) is 0.0200. The van der Waals surface area contributed by atoms with Crippen molar-refractivity contribution >= 4 is 9.88 Å². The Morgan fingerprint density at radius 2 is 1.97 bits per heavy atom. The van der Waals surface area contributed by atoms with Crippen molar-refractivity contribution in [3.8, 4) is 11.1 Å². The van der Waals surface area contributed by atoms with E-state index >= 15 is 0 Å². The Morgan fingerprint density at radius 3 is 2.62 bits per heavy atom. The molecule has 0 aliphatic carbocycles. The van der Waals surface area contributed by atoms with E-state index < -0.39 is 17.2 Å². The molecule has 5 rings (SSSR count). The first-order valence-electron chi connectivity index (χ1n) is 10.8. The second kappa shape index (κ2) is 7.71. The number of aliphatic hydroxyl groups excluding tert-OH is 2. The second-order valence-corrected chi connectivity index (χ2v) is 10.4. The van der Waals surface area contributed by atoms with Crippen molar-refractivity contribution in [1.82, 2.24) is 10.1 Å². The summed E-state index contributed by atoms with van der Waals surface area (Å²) in [5.41, 5.74) is 4.98. The summed E-state index contributed by atoms with van der Waals surface area (Å²) >= 11 is 1.84. The summed E-state index contributed by atoms with van der Waals surface area (Å²) in [6, 6.07) is 16.8. The Labute approximate surface area is 197 Å². The molecule has 7 heteroatoms. The first-order chi connectivity index (χ1) is 15.3. The molecule has 0 saturated carbocycles. The van der Waals surface area contributed by atoms with Gasteiger partial charge >= 0.3 is 198 Å². The number of likely N-dealkylation sites (tertiary alicyclic amines) is 1. The van der Waals surface area contributed by atoms with Crippen LogP contribution in [0.25, 0.3) is 11.1 Å². The number of rotatable bonds is 4. The Morgan fingerprint density at radius 1 is 1.22 bits per heavy atom. The molecule has 1 fully saturated rings. The van der Waals surface area contributed by atoms with E-state index in [1.54, 1.807) is 0 Å². The van der Waals surface area contributed by atoms with Crippen LogP contribution in [0.3, 0.4) is 0 Å². The molecule has 1 aromatic heterocycles.